The summed E-state index contributed by atoms with van der Waals surface area (Å²) in [6.45, 7) is 11.1. The quantitative estimate of drug-likeness (QED) is 0.822. The Labute approximate surface area is 135 Å². The highest BCUT2D eigenvalue weighted by molar-refractivity contribution is 9.10. The van der Waals surface area contributed by atoms with E-state index in [1.165, 1.54) is 0 Å². The molecular weight excluding hydrogens is 332 g/mol. The second-order valence-electron chi connectivity index (χ2n) is 6.43. The number of halogens is 1. The number of carbonyl (C=O) groups is 1. The van der Waals surface area contributed by atoms with Gasteiger partial charge in [-0.15, -0.1) is 0 Å². The highest BCUT2D eigenvalue weighted by Gasteiger charge is 2.16. The molecule has 1 rings (SSSR count). The van der Waals surface area contributed by atoms with Crippen LogP contribution in [-0.2, 0) is 11.3 Å². The van der Waals surface area contributed by atoms with Crippen molar-refractivity contribution in [2.45, 2.75) is 46.7 Å². The zero-order valence-corrected chi connectivity index (χ0v) is 15.0. The van der Waals surface area contributed by atoms with E-state index in [4.69, 9.17) is 10.5 Å². The minimum absolute atomic E-state index is 0.0218. The second-order valence-corrected chi connectivity index (χ2v) is 7.34. The lowest BCUT2D eigenvalue weighted by atomic mass is 10.1. The number of nitrogens with one attached hydrogen (secondary N) is 1. The van der Waals surface area contributed by atoms with Crippen molar-refractivity contribution in [3.63, 3.8) is 0 Å². The van der Waals surface area contributed by atoms with Crippen molar-refractivity contribution < 1.29 is 9.53 Å². The molecule has 5 heteroatoms. The van der Waals surface area contributed by atoms with Crippen LogP contribution in [0.5, 0.6) is 5.75 Å². The fraction of sp³-hybridized carbons (Fsp3) is 0.562. The Hall–Kier alpha value is -1.07. The number of primary amides is 1. The smallest absolute Gasteiger partial charge is 0.223 e. The lowest BCUT2D eigenvalue weighted by Crippen LogP contribution is -2.35. The Balaban J connectivity index is 2.92. The first-order valence-corrected chi connectivity index (χ1v) is 7.85. The van der Waals surface area contributed by atoms with Crippen LogP contribution in [0.1, 0.15) is 38.8 Å². The Morgan fingerprint density at radius 1 is 1.43 bits per heavy atom. The minimum atomic E-state index is -0.348. The van der Waals surface area contributed by atoms with Crippen LogP contribution in [-0.4, -0.2) is 18.1 Å². The van der Waals surface area contributed by atoms with Crippen LogP contribution in [0.15, 0.2) is 16.6 Å². The summed E-state index contributed by atoms with van der Waals surface area (Å²) in [7, 11) is 0. The number of amides is 1. The van der Waals surface area contributed by atoms with E-state index in [1.54, 1.807) is 6.92 Å². The molecule has 0 heterocycles. The van der Waals surface area contributed by atoms with Crippen LogP contribution < -0.4 is 15.8 Å². The van der Waals surface area contributed by atoms with E-state index in [9.17, 15) is 4.79 Å². The molecule has 4 nitrogen and oxygen atoms in total. The van der Waals surface area contributed by atoms with Gasteiger partial charge in [0.05, 0.1) is 12.5 Å². The Morgan fingerprint density at radius 2 is 2.05 bits per heavy atom. The van der Waals surface area contributed by atoms with Gasteiger partial charge < -0.3 is 15.8 Å². The highest BCUT2D eigenvalue weighted by Crippen LogP contribution is 2.29. The summed E-state index contributed by atoms with van der Waals surface area (Å²) in [6, 6.07) is 4.04. The number of nitrogens with two attached hydrogens (primary N) is 1. The molecule has 1 aromatic carbocycles. The summed E-state index contributed by atoms with van der Waals surface area (Å²) < 4.78 is 6.86. The maximum Gasteiger partial charge on any atom is 0.223 e. The summed E-state index contributed by atoms with van der Waals surface area (Å²) in [5, 5.41) is 3.45. The molecule has 1 atom stereocenters. The molecule has 0 bridgehead atoms. The second kappa shape index (κ2) is 7.27. The predicted octanol–water partition coefficient (Wildman–Crippen LogP) is 3.15. The van der Waals surface area contributed by atoms with Gasteiger partial charge in [-0.2, -0.15) is 0 Å². The van der Waals surface area contributed by atoms with E-state index < -0.39 is 0 Å². The molecule has 0 aromatic heterocycles. The van der Waals surface area contributed by atoms with Crippen LogP contribution in [0.2, 0.25) is 0 Å². The van der Waals surface area contributed by atoms with E-state index in [-0.39, 0.29) is 17.4 Å². The highest BCUT2D eigenvalue weighted by atomic mass is 79.9. The van der Waals surface area contributed by atoms with E-state index in [0.717, 1.165) is 21.3 Å². The Bertz CT molecular complexity index is 510. The average molecular weight is 357 g/mol. The fourth-order valence-corrected chi connectivity index (χ4v) is 2.41. The van der Waals surface area contributed by atoms with Crippen LogP contribution in [0.4, 0.5) is 0 Å². The SMILES string of the molecule is Cc1cc(Br)cc(CNC(C)(C)C)c1OCC(C)C(N)=O. The lowest BCUT2D eigenvalue weighted by molar-refractivity contribution is -0.122. The molecule has 3 N–H and O–H groups in total. The van der Waals surface area contributed by atoms with Gasteiger partial charge in [0.1, 0.15) is 5.75 Å². The summed E-state index contributed by atoms with van der Waals surface area (Å²) in [5.74, 6) is 0.165. The molecule has 0 radical (unpaired) electrons. The van der Waals surface area contributed by atoms with E-state index in [2.05, 4.69) is 42.0 Å². The molecule has 118 valence electrons. The summed E-state index contributed by atoms with van der Waals surface area (Å²) in [4.78, 5) is 11.1. The Morgan fingerprint density at radius 3 is 2.57 bits per heavy atom. The maximum absolute atomic E-state index is 11.1. The molecule has 0 aliphatic carbocycles. The maximum atomic E-state index is 11.1. The molecule has 1 aromatic rings. The minimum Gasteiger partial charge on any atom is -0.492 e. The van der Waals surface area contributed by atoms with Crippen LogP contribution in [0.25, 0.3) is 0 Å². The third-order valence-corrected chi connectivity index (χ3v) is 3.55. The first-order chi connectivity index (χ1) is 9.60. The van der Waals surface area contributed by atoms with Gasteiger partial charge in [-0.3, -0.25) is 4.79 Å². The average Bonchev–Trinajstić information content (AvgIpc) is 2.33. The first-order valence-electron chi connectivity index (χ1n) is 7.06. The zero-order valence-electron chi connectivity index (χ0n) is 13.4. The van der Waals surface area contributed by atoms with Gasteiger partial charge in [-0.1, -0.05) is 22.9 Å². The molecule has 0 fully saturated rings. The van der Waals surface area contributed by atoms with Crippen molar-refractivity contribution in [2.75, 3.05) is 6.61 Å². The third kappa shape index (κ3) is 6.06. The number of carbonyl (C=O) groups excluding carboxylic acids is 1. The summed E-state index contributed by atoms with van der Waals surface area (Å²) in [5.41, 5.74) is 7.40. The summed E-state index contributed by atoms with van der Waals surface area (Å²) >= 11 is 3.51. The molecule has 0 saturated carbocycles. The van der Waals surface area contributed by atoms with Crippen molar-refractivity contribution in [2.24, 2.45) is 11.7 Å². The number of hydrogen-bond acceptors (Lipinski definition) is 3. The van der Waals surface area contributed by atoms with Crippen molar-refractivity contribution in [1.29, 1.82) is 0 Å². The molecule has 0 saturated heterocycles. The van der Waals surface area contributed by atoms with Crippen molar-refractivity contribution in [1.82, 2.24) is 5.32 Å². The molecule has 0 aliphatic rings. The van der Waals surface area contributed by atoms with Crippen molar-refractivity contribution in [3.05, 3.63) is 27.7 Å². The van der Waals surface area contributed by atoms with Crippen molar-refractivity contribution in [3.8, 4) is 5.75 Å². The van der Waals surface area contributed by atoms with E-state index in [1.807, 2.05) is 19.1 Å². The van der Waals surface area contributed by atoms with Gasteiger partial charge in [-0.05, 0) is 45.4 Å². The van der Waals surface area contributed by atoms with Crippen molar-refractivity contribution >= 4 is 21.8 Å². The Kier molecular flexibility index (Phi) is 6.23. The van der Waals surface area contributed by atoms with Crippen LogP contribution in [0.3, 0.4) is 0 Å². The summed E-state index contributed by atoms with van der Waals surface area (Å²) in [6.07, 6.45) is 0. The first kappa shape index (κ1) is 18.0. The molecule has 0 spiro atoms. The number of aryl methyl sites for hydroxylation is 1. The van der Waals surface area contributed by atoms with Crippen LogP contribution >= 0.6 is 15.9 Å². The molecule has 21 heavy (non-hydrogen) atoms. The molecule has 0 aliphatic heterocycles. The predicted molar refractivity (Wildman–Crippen MR) is 89.3 cm³/mol. The van der Waals surface area contributed by atoms with Gasteiger partial charge in [0.2, 0.25) is 5.91 Å². The van der Waals surface area contributed by atoms with Gasteiger partial charge >= 0.3 is 0 Å². The number of rotatable bonds is 6. The van der Waals surface area contributed by atoms with Gasteiger partial charge in [0.25, 0.3) is 0 Å². The normalized spacial score (nSPS) is 13.0. The van der Waals surface area contributed by atoms with E-state index >= 15 is 0 Å². The number of ether oxygens (including phenoxy) is 1. The van der Waals surface area contributed by atoms with E-state index in [0.29, 0.717) is 13.2 Å². The van der Waals surface area contributed by atoms with Gasteiger partial charge in [0.15, 0.2) is 0 Å². The van der Waals surface area contributed by atoms with Crippen LogP contribution in [0, 0.1) is 12.8 Å². The zero-order chi connectivity index (χ0) is 16.2. The van der Waals surface area contributed by atoms with Gasteiger partial charge in [0, 0.05) is 22.1 Å². The topological polar surface area (TPSA) is 64.3 Å². The standard InChI is InChI=1S/C16H25BrN2O2/c1-10-6-13(17)7-12(8-19-16(3,4)5)14(10)21-9-11(2)15(18)20/h6-7,11,19H,8-9H2,1-5H3,(H2,18,20). The molecule has 1 amide bonds. The fourth-order valence-electron chi connectivity index (χ4n) is 1.79. The number of benzene rings is 1. The van der Waals surface area contributed by atoms with Gasteiger partial charge in [-0.25, -0.2) is 0 Å². The molecular formula is C16H25BrN2O2. The monoisotopic (exact) mass is 356 g/mol. The number of hydrogen-bond donors (Lipinski definition) is 2. The largest absolute Gasteiger partial charge is 0.492 e. The lowest BCUT2D eigenvalue weighted by Gasteiger charge is -2.23. The third-order valence-electron chi connectivity index (χ3n) is 3.09. The molecule has 1 unspecified atom stereocenters.